The van der Waals surface area contributed by atoms with E-state index in [4.69, 9.17) is 17.0 Å². The van der Waals surface area contributed by atoms with Gasteiger partial charge in [-0.25, -0.2) is 4.79 Å². The molecule has 2 aromatic rings. The highest BCUT2D eigenvalue weighted by atomic mass is 32.1. The number of nitrogens with one attached hydrogen (secondary N) is 1. The third-order valence-electron chi connectivity index (χ3n) is 3.09. The van der Waals surface area contributed by atoms with Gasteiger partial charge >= 0.3 is 5.97 Å². The number of aromatic nitrogens is 1. The van der Waals surface area contributed by atoms with Crippen LogP contribution in [0.1, 0.15) is 21.6 Å². The molecule has 0 aliphatic heterocycles. The van der Waals surface area contributed by atoms with Crippen LogP contribution in [0.25, 0.3) is 11.1 Å². The van der Waals surface area contributed by atoms with Crippen molar-refractivity contribution in [1.29, 1.82) is 5.26 Å². The summed E-state index contributed by atoms with van der Waals surface area (Å²) in [6.07, 6.45) is 0. The number of H-pyrrole nitrogens is 1. The molecule has 1 aromatic heterocycles. The zero-order valence-corrected chi connectivity index (χ0v) is 12.2. The second-order valence-corrected chi connectivity index (χ2v) is 4.76. The first-order valence-electron chi connectivity index (χ1n) is 6.04. The van der Waals surface area contributed by atoms with E-state index in [1.807, 2.05) is 6.07 Å². The number of nitriles is 1. The van der Waals surface area contributed by atoms with E-state index in [0.29, 0.717) is 22.6 Å². The molecule has 0 saturated carbocycles. The fourth-order valence-corrected chi connectivity index (χ4v) is 2.46. The highest BCUT2D eigenvalue weighted by Crippen LogP contribution is 2.31. The van der Waals surface area contributed by atoms with E-state index in [-0.39, 0.29) is 15.8 Å². The van der Waals surface area contributed by atoms with E-state index < -0.39 is 5.97 Å². The van der Waals surface area contributed by atoms with Crippen LogP contribution in [0, 0.1) is 22.9 Å². The first kappa shape index (κ1) is 14.8. The molecule has 0 fully saturated rings. The monoisotopic (exact) mass is 300 g/mol. The van der Waals surface area contributed by atoms with Gasteiger partial charge in [0.05, 0.1) is 18.2 Å². The van der Waals surface area contributed by atoms with E-state index in [0.717, 1.165) is 0 Å². The summed E-state index contributed by atoms with van der Waals surface area (Å²) in [6, 6.07) is 8.86. The van der Waals surface area contributed by atoms with Crippen molar-refractivity contribution in [2.45, 2.75) is 6.92 Å². The van der Waals surface area contributed by atoms with Crippen molar-refractivity contribution in [3.05, 3.63) is 45.7 Å². The number of aromatic amines is 1. The lowest BCUT2D eigenvalue weighted by Gasteiger charge is -2.12. The molecule has 0 spiro atoms. The van der Waals surface area contributed by atoms with Crippen molar-refractivity contribution < 1.29 is 14.6 Å². The number of benzene rings is 1. The van der Waals surface area contributed by atoms with Crippen molar-refractivity contribution in [2.75, 3.05) is 7.11 Å². The molecule has 21 heavy (non-hydrogen) atoms. The van der Waals surface area contributed by atoms with Gasteiger partial charge < -0.3 is 14.8 Å². The summed E-state index contributed by atoms with van der Waals surface area (Å²) in [5.41, 5.74) is 1.47. The molecule has 0 aliphatic carbocycles. The van der Waals surface area contributed by atoms with Gasteiger partial charge in [-0.05, 0) is 24.6 Å². The zero-order valence-electron chi connectivity index (χ0n) is 11.4. The van der Waals surface area contributed by atoms with Crippen LogP contribution < -0.4 is 4.74 Å². The summed E-state index contributed by atoms with van der Waals surface area (Å²) in [5, 5.41) is 18.8. The Bertz CT molecular complexity index is 819. The van der Waals surface area contributed by atoms with Gasteiger partial charge in [0.15, 0.2) is 0 Å². The lowest BCUT2D eigenvalue weighted by molar-refractivity contribution is 0.0696. The largest absolute Gasteiger partial charge is 0.497 e. The molecule has 0 amide bonds. The predicted molar refractivity (Wildman–Crippen MR) is 80.0 cm³/mol. The number of nitrogens with zero attached hydrogens (tertiary/aromatic N) is 1. The number of rotatable bonds is 3. The second-order valence-electron chi connectivity index (χ2n) is 4.35. The van der Waals surface area contributed by atoms with E-state index in [9.17, 15) is 15.2 Å². The average Bonchev–Trinajstić information content (AvgIpc) is 2.46. The van der Waals surface area contributed by atoms with E-state index >= 15 is 0 Å². The van der Waals surface area contributed by atoms with Gasteiger partial charge in [0.2, 0.25) is 0 Å². The number of aryl methyl sites for hydroxylation is 1. The molecule has 1 heterocycles. The normalized spacial score (nSPS) is 9.95. The Balaban J connectivity index is 2.91. The average molecular weight is 300 g/mol. The van der Waals surface area contributed by atoms with Crippen LogP contribution >= 0.6 is 12.2 Å². The van der Waals surface area contributed by atoms with Crippen LogP contribution in [0.3, 0.4) is 0 Å². The summed E-state index contributed by atoms with van der Waals surface area (Å²) >= 11 is 5.13. The summed E-state index contributed by atoms with van der Waals surface area (Å²) in [4.78, 5) is 14.3. The number of hydrogen-bond donors (Lipinski definition) is 2. The highest BCUT2D eigenvalue weighted by molar-refractivity contribution is 7.71. The van der Waals surface area contributed by atoms with Crippen molar-refractivity contribution in [3.8, 4) is 22.9 Å². The molecule has 6 heteroatoms. The fraction of sp³-hybridized carbons (Fsp3) is 0.133. The summed E-state index contributed by atoms with van der Waals surface area (Å²) < 4.78 is 5.37. The quantitative estimate of drug-likeness (QED) is 0.849. The Kier molecular flexibility index (Phi) is 4.05. The minimum Gasteiger partial charge on any atom is -0.497 e. The van der Waals surface area contributed by atoms with Gasteiger partial charge in [-0.2, -0.15) is 5.26 Å². The number of pyridine rings is 1. The SMILES string of the molecule is COc1cccc(-c2c(C(=O)O)c(C)[nH]c(=S)c2C#N)c1. The molecule has 1 aromatic carbocycles. The van der Waals surface area contributed by atoms with Crippen molar-refractivity contribution in [1.82, 2.24) is 4.98 Å². The minimum atomic E-state index is -1.12. The summed E-state index contributed by atoms with van der Waals surface area (Å²) in [6.45, 7) is 1.62. The lowest BCUT2D eigenvalue weighted by Crippen LogP contribution is -2.07. The molecule has 0 bridgehead atoms. The molecular weight excluding hydrogens is 288 g/mol. The topological polar surface area (TPSA) is 86.1 Å². The number of carboxylic acid groups (broad SMARTS) is 1. The van der Waals surface area contributed by atoms with E-state index in [1.54, 1.807) is 31.2 Å². The predicted octanol–water partition coefficient (Wildman–Crippen LogP) is 3.30. The standard InChI is InChI=1S/C15H12N2O3S/c1-8-12(15(18)19)13(11(7-16)14(21)17-8)9-4-3-5-10(6-9)20-2/h3-6H,1-2H3,(H,17,21)(H,18,19). The van der Waals surface area contributed by atoms with Crippen molar-refractivity contribution in [2.24, 2.45) is 0 Å². The second kappa shape index (κ2) is 5.77. The minimum absolute atomic E-state index is 0.0356. The number of ether oxygens (including phenoxy) is 1. The van der Waals surface area contributed by atoms with Crippen LogP contribution in [0.4, 0.5) is 0 Å². The molecule has 5 nitrogen and oxygen atoms in total. The van der Waals surface area contributed by atoms with E-state index in [1.165, 1.54) is 7.11 Å². The smallest absolute Gasteiger partial charge is 0.338 e. The Hall–Kier alpha value is -2.65. The number of carbonyl (C=O) groups is 1. The Labute approximate surface area is 126 Å². The van der Waals surface area contributed by atoms with E-state index in [2.05, 4.69) is 4.98 Å². The molecular formula is C15H12N2O3S. The van der Waals surface area contributed by atoms with Crippen LogP contribution in [0.2, 0.25) is 0 Å². The number of carboxylic acids is 1. The van der Waals surface area contributed by atoms with Crippen LogP contribution in [0.5, 0.6) is 5.75 Å². The fourth-order valence-electron chi connectivity index (χ4n) is 2.16. The van der Waals surface area contributed by atoms with Crippen LogP contribution in [0.15, 0.2) is 24.3 Å². The maximum absolute atomic E-state index is 11.6. The Morgan fingerprint density at radius 2 is 2.19 bits per heavy atom. The van der Waals surface area contributed by atoms with Gasteiger partial charge in [0.1, 0.15) is 16.5 Å². The highest BCUT2D eigenvalue weighted by Gasteiger charge is 2.21. The van der Waals surface area contributed by atoms with Crippen molar-refractivity contribution >= 4 is 18.2 Å². The third-order valence-corrected chi connectivity index (χ3v) is 3.39. The number of aromatic carboxylic acids is 1. The maximum atomic E-state index is 11.6. The van der Waals surface area contributed by atoms with Gasteiger partial charge in [-0.1, -0.05) is 24.4 Å². The maximum Gasteiger partial charge on any atom is 0.338 e. The first-order valence-corrected chi connectivity index (χ1v) is 6.45. The molecule has 0 radical (unpaired) electrons. The number of hydrogen-bond acceptors (Lipinski definition) is 4. The summed E-state index contributed by atoms with van der Waals surface area (Å²) in [7, 11) is 1.52. The number of methoxy groups -OCH3 is 1. The van der Waals surface area contributed by atoms with Crippen LogP contribution in [-0.4, -0.2) is 23.2 Å². The Morgan fingerprint density at radius 3 is 2.76 bits per heavy atom. The van der Waals surface area contributed by atoms with Gasteiger partial charge in [0.25, 0.3) is 0 Å². The molecule has 0 saturated heterocycles. The van der Waals surface area contributed by atoms with Crippen LogP contribution in [-0.2, 0) is 0 Å². The third kappa shape index (κ3) is 2.64. The molecule has 2 N–H and O–H groups in total. The van der Waals surface area contributed by atoms with Crippen molar-refractivity contribution in [3.63, 3.8) is 0 Å². The molecule has 0 atom stereocenters. The molecule has 2 rings (SSSR count). The summed E-state index contributed by atoms with van der Waals surface area (Å²) in [5.74, 6) is -0.544. The zero-order chi connectivity index (χ0) is 15.6. The molecule has 106 valence electrons. The van der Waals surface area contributed by atoms with Gasteiger partial charge in [-0.3, -0.25) is 0 Å². The van der Waals surface area contributed by atoms with Gasteiger partial charge in [0, 0.05) is 11.3 Å². The Morgan fingerprint density at radius 1 is 1.48 bits per heavy atom. The first-order chi connectivity index (χ1) is 9.99. The molecule has 0 aliphatic rings. The molecule has 0 unspecified atom stereocenters. The van der Waals surface area contributed by atoms with Gasteiger partial charge in [-0.15, -0.1) is 0 Å². The lowest BCUT2D eigenvalue weighted by atomic mass is 9.95.